The normalized spacial score (nSPS) is 10.2. The van der Waals surface area contributed by atoms with Crippen molar-refractivity contribution in [3.8, 4) is 0 Å². The van der Waals surface area contributed by atoms with E-state index in [-0.39, 0.29) is 0 Å². The van der Waals surface area contributed by atoms with Gasteiger partial charge in [0, 0.05) is 36.4 Å². The third-order valence-electron chi connectivity index (χ3n) is 2.67. The summed E-state index contributed by atoms with van der Waals surface area (Å²) >= 11 is 1.80. The smallest absolute Gasteiger partial charge is 0.127 e. The van der Waals surface area contributed by atoms with E-state index in [2.05, 4.69) is 51.8 Å². The Balaban J connectivity index is 2.16. The first-order valence-corrected chi connectivity index (χ1v) is 6.62. The van der Waals surface area contributed by atoms with Crippen molar-refractivity contribution in [2.45, 2.75) is 13.5 Å². The van der Waals surface area contributed by atoms with Gasteiger partial charge in [-0.1, -0.05) is 6.07 Å². The molecule has 0 saturated heterocycles. The molecule has 0 unspecified atom stereocenters. The Labute approximate surface area is 106 Å². The molecule has 2 aromatic rings. The Kier molecular flexibility index (Phi) is 3.98. The van der Waals surface area contributed by atoms with Gasteiger partial charge >= 0.3 is 0 Å². The molecule has 2 rings (SSSR count). The second-order valence-corrected chi connectivity index (χ2v) is 4.78. The van der Waals surface area contributed by atoms with Crippen LogP contribution >= 0.6 is 11.3 Å². The van der Waals surface area contributed by atoms with Crippen molar-refractivity contribution in [2.24, 2.45) is 0 Å². The minimum absolute atomic E-state index is 0.909. The number of aromatic nitrogens is 1. The first-order valence-electron chi connectivity index (χ1n) is 5.74. The number of nitrogens with zero attached hydrogens (tertiary/aromatic N) is 2. The van der Waals surface area contributed by atoms with Crippen LogP contribution in [0.4, 0.5) is 11.5 Å². The van der Waals surface area contributed by atoms with E-state index >= 15 is 0 Å². The van der Waals surface area contributed by atoms with Gasteiger partial charge < -0.3 is 10.2 Å². The van der Waals surface area contributed by atoms with E-state index < -0.39 is 0 Å². The molecule has 0 amide bonds. The first kappa shape index (κ1) is 11.9. The third-order valence-corrected chi connectivity index (χ3v) is 3.53. The molecule has 0 bridgehead atoms. The molecule has 2 heterocycles. The quantitative estimate of drug-likeness (QED) is 0.879. The lowest BCUT2D eigenvalue weighted by molar-refractivity contribution is 0.841. The number of hydrogen-bond acceptors (Lipinski definition) is 4. The molecule has 0 aliphatic heterocycles. The standard InChI is InChI=1S/C13H17N3S/c1-3-16(10-12-5-4-8-17-12)11-6-7-15-13(9-11)14-2/h4-9H,3,10H2,1-2H3,(H,14,15). The van der Waals surface area contributed by atoms with Gasteiger partial charge in [-0.3, -0.25) is 0 Å². The zero-order valence-corrected chi connectivity index (χ0v) is 11.0. The van der Waals surface area contributed by atoms with E-state index in [1.165, 1.54) is 10.6 Å². The lowest BCUT2D eigenvalue weighted by Gasteiger charge is -2.22. The molecule has 4 heteroatoms. The molecule has 0 aliphatic rings. The van der Waals surface area contributed by atoms with Gasteiger partial charge in [-0.05, 0) is 24.4 Å². The maximum atomic E-state index is 4.24. The molecule has 0 radical (unpaired) electrons. The van der Waals surface area contributed by atoms with Crippen molar-refractivity contribution in [3.05, 3.63) is 40.7 Å². The van der Waals surface area contributed by atoms with E-state index in [4.69, 9.17) is 0 Å². The van der Waals surface area contributed by atoms with E-state index in [9.17, 15) is 0 Å². The van der Waals surface area contributed by atoms with Gasteiger partial charge in [0.15, 0.2) is 0 Å². The number of nitrogens with one attached hydrogen (secondary N) is 1. The zero-order chi connectivity index (χ0) is 12.1. The SMILES string of the molecule is CCN(Cc1cccs1)c1ccnc(NC)c1. The van der Waals surface area contributed by atoms with Crippen molar-refractivity contribution in [1.29, 1.82) is 0 Å². The van der Waals surface area contributed by atoms with Crippen LogP contribution < -0.4 is 10.2 Å². The molecule has 2 aromatic heterocycles. The van der Waals surface area contributed by atoms with Crippen LogP contribution in [0.5, 0.6) is 0 Å². The Morgan fingerprint density at radius 2 is 2.29 bits per heavy atom. The van der Waals surface area contributed by atoms with Gasteiger partial charge in [0.25, 0.3) is 0 Å². The Bertz CT molecular complexity index is 453. The average molecular weight is 247 g/mol. The molecular weight excluding hydrogens is 230 g/mol. The van der Waals surface area contributed by atoms with Crippen LogP contribution in [0.2, 0.25) is 0 Å². The summed E-state index contributed by atoms with van der Waals surface area (Å²) in [6.45, 7) is 4.12. The summed E-state index contributed by atoms with van der Waals surface area (Å²) in [6, 6.07) is 8.40. The van der Waals surface area contributed by atoms with Gasteiger partial charge in [-0.25, -0.2) is 4.98 Å². The maximum absolute atomic E-state index is 4.24. The number of rotatable bonds is 5. The second-order valence-electron chi connectivity index (χ2n) is 3.74. The monoisotopic (exact) mass is 247 g/mol. The van der Waals surface area contributed by atoms with E-state index in [1.54, 1.807) is 11.3 Å². The fourth-order valence-electron chi connectivity index (χ4n) is 1.73. The van der Waals surface area contributed by atoms with Crippen molar-refractivity contribution in [3.63, 3.8) is 0 Å². The van der Waals surface area contributed by atoms with Crippen molar-refractivity contribution < 1.29 is 0 Å². The van der Waals surface area contributed by atoms with Gasteiger partial charge in [-0.2, -0.15) is 0 Å². The summed E-state index contributed by atoms with van der Waals surface area (Å²) in [6.07, 6.45) is 1.85. The molecule has 1 N–H and O–H groups in total. The van der Waals surface area contributed by atoms with E-state index in [1.807, 2.05) is 13.2 Å². The molecule has 0 aliphatic carbocycles. The molecule has 0 atom stereocenters. The van der Waals surface area contributed by atoms with E-state index in [0.717, 1.165) is 18.9 Å². The van der Waals surface area contributed by atoms with Gasteiger partial charge in [0.05, 0.1) is 6.54 Å². The first-order chi connectivity index (χ1) is 8.33. The molecule has 0 spiro atoms. The highest BCUT2D eigenvalue weighted by Gasteiger charge is 2.06. The summed E-state index contributed by atoms with van der Waals surface area (Å²) in [5, 5.41) is 5.19. The fourth-order valence-corrected chi connectivity index (χ4v) is 2.45. The summed E-state index contributed by atoms with van der Waals surface area (Å²) in [5.74, 6) is 0.909. The van der Waals surface area contributed by atoms with Gasteiger partial charge in [0.1, 0.15) is 5.82 Å². The van der Waals surface area contributed by atoms with E-state index in [0.29, 0.717) is 0 Å². The van der Waals surface area contributed by atoms with Gasteiger partial charge in [0.2, 0.25) is 0 Å². The molecule has 0 aromatic carbocycles. The fraction of sp³-hybridized carbons (Fsp3) is 0.308. The third kappa shape index (κ3) is 2.97. The second kappa shape index (κ2) is 5.68. The van der Waals surface area contributed by atoms with Crippen LogP contribution in [0, 0.1) is 0 Å². The highest BCUT2D eigenvalue weighted by atomic mass is 32.1. The Morgan fingerprint density at radius 3 is 2.94 bits per heavy atom. The summed E-state index contributed by atoms with van der Waals surface area (Å²) in [5.41, 5.74) is 1.21. The molecule has 0 saturated carbocycles. The minimum atomic E-state index is 0.909. The van der Waals surface area contributed by atoms with Crippen molar-refractivity contribution in [1.82, 2.24) is 4.98 Å². The van der Waals surface area contributed by atoms with Crippen LogP contribution in [0.25, 0.3) is 0 Å². The predicted molar refractivity (Wildman–Crippen MR) is 74.8 cm³/mol. The summed E-state index contributed by atoms with van der Waals surface area (Å²) in [7, 11) is 1.89. The predicted octanol–water partition coefficient (Wildman–Crippen LogP) is 3.21. The Hall–Kier alpha value is -1.55. The molecule has 90 valence electrons. The van der Waals surface area contributed by atoms with Crippen LogP contribution in [0.15, 0.2) is 35.8 Å². The van der Waals surface area contributed by atoms with Crippen LogP contribution in [-0.2, 0) is 6.54 Å². The Morgan fingerprint density at radius 1 is 1.41 bits per heavy atom. The highest BCUT2D eigenvalue weighted by Crippen LogP contribution is 2.20. The maximum Gasteiger partial charge on any atom is 0.127 e. The lowest BCUT2D eigenvalue weighted by Crippen LogP contribution is -2.21. The van der Waals surface area contributed by atoms with Gasteiger partial charge in [-0.15, -0.1) is 11.3 Å². The van der Waals surface area contributed by atoms with Crippen LogP contribution in [0.1, 0.15) is 11.8 Å². The largest absolute Gasteiger partial charge is 0.373 e. The molecule has 17 heavy (non-hydrogen) atoms. The zero-order valence-electron chi connectivity index (χ0n) is 10.2. The molecule has 0 fully saturated rings. The number of anilines is 2. The van der Waals surface area contributed by atoms with Crippen LogP contribution in [0.3, 0.4) is 0 Å². The lowest BCUT2D eigenvalue weighted by atomic mass is 10.3. The number of hydrogen-bond donors (Lipinski definition) is 1. The van der Waals surface area contributed by atoms with Crippen LogP contribution in [-0.4, -0.2) is 18.6 Å². The topological polar surface area (TPSA) is 28.2 Å². The summed E-state index contributed by atoms with van der Waals surface area (Å²) < 4.78 is 0. The molecule has 3 nitrogen and oxygen atoms in total. The minimum Gasteiger partial charge on any atom is -0.373 e. The summed E-state index contributed by atoms with van der Waals surface area (Å²) in [4.78, 5) is 7.96. The molecular formula is C13H17N3S. The average Bonchev–Trinajstić information content (AvgIpc) is 2.89. The number of pyridine rings is 1. The highest BCUT2D eigenvalue weighted by molar-refractivity contribution is 7.09. The number of thiophene rings is 1. The van der Waals surface area contributed by atoms with Crippen molar-refractivity contribution in [2.75, 3.05) is 23.8 Å². The van der Waals surface area contributed by atoms with Crippen molar-refractivity contribution >= 4 is 22.8 Å².